The van der Waals surface area contributed by atoms with E-state index in [1.165, 1.54) is 0 Å². The van der Waals surface area contributed by atoms with Crippen molar-refractivity contribution in [1.29, 1.82) is 0 Å². The molecule has 0 unspecified atom stereocenters. The van der Waals surface area contributed by atoms with Crippen molar-refractivity contribution in [2.45, 2.75) is 0 Å². The van der Waals surface area contributed by atoms with Gasteiger partial charge in [0, 0.05) is 22.9 Å². The van der Waals surface area contributed by atoms with E-state index in [1.54, 1.807) is 42.6 Å². The van der Waals surface area contributed by atoms with Crippen molar-refractivity contribution in [1.82, 2.24) is 0 Å². The molecule has 3 aromatic rings. The summed E-state index contributed by atoms with van der Waals surface area (Å²) in [5.41, 5.74) is 3.49. The average molecular weight is 325 g/mol. The molecule has 0 spiro atoms. The van der Waals surface area contributed by atoms with Gasteiger partial charge in [-0.25, -0.2) is 0 Å². The van der Waals surface area contributed by atoms with Crippen molar-refractivity contribution in [2.24, 2.45) is 0 Å². The van der Waals surface area contributed by atoms with Gasteiger partial charge in [0.15, 0.2) is 11.6 Å². The predicted molar refractivity (Wildman–Crippen MR) is 98.8 cm³/mol. The Balaban J connectivity index is 1.71. The maximum atomic E-state index is 12.9. The summed E-state index contributed by atoms with van der Waals surface area (Å²) in [4.78, 5) is 25.6. The van der Waals surface area contributed by atoms with E-state index in [2.05, 4.69) is 5.32 Å². The third kappa shape index (κ3) is 2.66. The average Bonchev–Trinajstić information content (AvgIpc) is 2.67. The van der Waals surface area contributed by atoms with Crippen LogP contribution in [0.1, 0.15) is 37.4 Å². The van der Waals surface area contributed by atoms with E-state index in [0.29, 0.717) is 27.9 Å². The Labute approximate surface area is 145 Å². The molecule has 0 amide bonds. The number of rotatable bonds is 3. The lowest BCUT2D eigenvalue weighted by Crippen LogP contribution is -2.21. The van der Waals surface area contributed by atoms with Crippen LogP contribution in [0.15, 0.2) is 79.0 Å². The largest absolute Gasteiger partial charge is 0.361 e. The summed E-state index contributed by atoms with van der Waals surface area (Å²) in [5, 5.41) is 3.15. The Morgan fingerprint density at radius 1 is 0.640 bits per heavy atom. The van der Waals surface area contributed by atoms with E-state index in [-0.39, 0.29) is 11.6 Å². The highest BCUT2D eigenvalue weighted by atomic mass is 16.1. The van der Waals surface area contributed by atoms with Gasteiger partial charge in [0.2, 0.25) is 0 Å². The quantitative estimate of drug-likeness (QED) is 0.601. The molecule has 3 nitrogen and oxygen atoms in total. The fourth-order valence-electron chi connectivity index (χ4n) is 3.06. The van der Waals surface area contributed by atoms with Crippen LogP contribution in [-0.4, -0.2) is 11.6 Å². The number of carbonyl (C=O) groups is 2. The highest BCUT2D eigenvalue weighted by molar-refractivity contribution is 6.30. The zero-order valence-electron chi connectivity index (χ0n) is 13.4. The summed E-state index contributed by atoms with van der Waals surface area (Å²) in [5.74, 6) is -0.234. The molecule has 120 valence electrons. The normalized spacial score (nSPS) is 12.8. The Morgan fingerprint density at radius 2 is 1.28 bits per heavy atom. The van der Waals surface area contributed by atoms with Gasteiger partial charge >= 0.3 is 0 Å². The van der Waals surface area contributed by atoms with E-state index >= 15 is 0 Å². The second-order valence-corrected chi connectivity index (χ2v) is 5.82. The Morgan fingerprint density at radius 3 is 2.04 bits per heavy atom. The fraction of sp³-hybridized carbons (Fsp3) is 0. The lowest BCUT2D eigenvalue weighted by atomic mass is 9.83. The van der Waals surface area contributed by atoms with Crippen molar-refractivity contribution >= 4 is 23.3 Å². The first-order valence-corrected chi connectivity index (χ1v) is 8.05. The van der Waals surface area contributed by atoms with Crippen LogP contribution in [0.4, 0.5) is 5.69 Å². The van der Waals surface area contributed by atoms with E-state index in [1.807, 2.05) is 42.5 Å². The van der Waals surface area contributed by atoms with Crippen LogP contribution in [0.25, 0.3) is 6.08 Å². The third-order valence-corrected chi connectivity index (χ3v) is 4.27. The van der Waals surface area contributed by atoms with Gasteiger partial charge in [0.05, 0.1) is 11.3 Å². The minimum atomic E-state index is -0.124. The summed E-state index contributed by atoms with van der Waals surface area (Å²) >= 11 is 0. The molecule has 25 heavy (non-hydrogen) atoms. The molecule has 1 aliphatic rings. The van der Waals surface area contributed by atoms with Crippen LogP contribution in [0, 0.1) is 0 Å². The number of hydrogen-bond acceptors (Lipinski definition) is 3. The lowest BCUT2D eigenvalue weighted by Gasteiger charge is -2.19. The standard InChI is InChI=1S/C22H15NO2/c24-21-16-9-4-5-10-17(16)22(25)20-18(21)11-6-12-19(20)23-14-13-15-7-2-1-3-8-15/h1-14,23H. The first-order valence-electron chi connectivity index (χ1n) is 8.05. The van der Waals surface area contributed by atoms with Gasteiger partial charge in [0.1, 0.15) is 0 Å². The second-order valence-electron chi connectivity index (χ2n) is 5.82. The van der Waals surface area contributed by atoms with Gasteiger partial charge in [-0.2, -0.15) is 0 Å². The van der Waals surface area contributed by atoms with E-state index < -0.39 is 0 Å². The maximum absolute atomic E-state index is 12.9. The number of carbonyl (C=O) groups excluding carboxylic acids is 2. The van der Waals surface area contributed by atoms with Crippen LogP contribution in [0.3, 0.4) is 0 Å². The van der Waals surface area contributed by atoms with E-state index in [0.717, 1.165) is 5.56 Å². The third-order valence-electron chi connectivity index (χ3n) is 4.27. The summed E-state index contributed by atoms with van der Waals surface area (Å²) in [6, 6.07) is 22.1. The highest BCUT2D eigenvalue weighted by Gasteiger charge is 2.30. The molecule has 0 saturated heterocycles. The molecule has 4 rings (SSSR count). The van der Waals surface area contributed by atoms with Crippen LogP contribution in [0.5, 0.6) is 0 Å². The lowest BCUT2D eigenvalue weighted by molar-refractivity contribution is 0.0979. The highest BCUT2D eigenvalue weighted by Crippen LogP contribution is 2.31. The number of benzene rings is 3. The van der Waals surface area contributed by atoms with Gasteiger partial charge in [-0.3, -0.25) is 9.59 Å². The van der Waals surface area contributed by atoms with Gasteiger partial charge in [0.25, 0.3) is 0 Å². The first-order chi connectivity index (χ1) is 12.3. The summed E-state index contributed by atoms with van der Waals surface area (Å²) in [6.45, 7) is 0. The van der Waals surface area contributed by atoms with Crippen molar-refractivity contribution in [3.05, 3.63) is 107 Å². The number of anilines is 1. The van der Waals surface area contributed by atoms with E-state index in [4.69, 9.17) is 0 Å². The van der Waals surface area contributed by atoms with E-state index in [9.17, 15) is 9.59 Å². The van der Waals surface area contributed by atoms with Gasteiger partial charge in [-0.05, 0) is 17.7 Å². The Hall–Kier alpha value is -3.46. The summed E-state index contributed by atoms with van der Waals surface area (Å²) in [7, 11) is 0. The van der Waals surface area contributed by atoms with Crippen LogP contribution in [-0.2, 0) is 0 Å². The number of nitrogens with one attached hydrogen (secondary N) is 1. The molecule has 0 aliphatic heterocycles. The van der Waals surface area contributed by atoms with Gasteiger partial charge in [-0.1, -0.05) is 66.7 Å². The van der Waals surface area contributed by atoms with Crippen molar-refractivity contribution in [2.75, 3.05) is 5.32 Å². The zero-order chi connectivity index (χ0) is 17.2. The molecule has 0 radical (unpaired) electrons. The molecule has 0 heterocycles. The number of ketones is 2. The minimum Gasteiger partial charge on any atom is -0.361 e. The molecule has 0 bridgehead atoms. The Kier molecular flexibility index (Phi) is 3.75. The first kappa shape index (κ1) is 15.1. The molecule has 3 aromatic carbocycles. The molecule has 0 atom stereocenters. The van der Waals surface area contributed by atoms with Crippen molar-refractivity contribution < 1.29 is 9.59 Å². The molecule has 3 heteroatoms. The van der Waals surface area contributed by atoms with Crippen LogP contribution >= 0.6 is 0 Å². The number of fused-ring (bicyclic) bond motifs is 2. The molecule has 0 fully saturated rings. The second kappa shape index (κ2) is 6.21. The Bertz CT molecular complexity index is 1000. The van der Waals surface area contributed by atoms with Crippen LogP contribution < -0.4 is 5.32 Å². The topological polar surface area (TPSA) is 46.2 Å². The predicted octanol–water partition coefficient (Wildman–Crippen LogP) is 4.54. The van der Waals surface area contributed by atoms with Crippen molar-refractivity contribution in [3.63, 3.8) is 0 Å². The molecule has 0 saturated carbocycles. The SMILES string of the molecule is O=C1c2ccccc2C(=O)c2c(NC=Cc3ccccc3)cccc21. The van der Waals surface area contributed by atoms with Crippen LogP contribution in [0.2, 0.25) is 0 Å². The van der Waals surface area contributed by atoms with Gasteiger partial charge in [-0.15, -0.1) is 0 Å². The fourth-order valence-corrected chi connectivity index (χ4v) is 3.06. The van der Waals surface area contributed by atoms with Gasteiger partial charge < -0.3 is 5.32 Å². The zero-order valence-corrected chi connectivity index (χ0v) is 13.4. The number of hydrogen-bond donors (Lipinski definition) is 1. The maximum Gasteiger partial charge on any atom is 0.196 e. The molecular formula is C22H15NO2. The summed E-state index contributed by atoms with van der Waals surface area (Å²) in [6.07, 6.45) is 3.70. The molecule has 1 aliphatic carbocycles. The van der Waals surface area contributed by atoms with Crippen molar-refractivity contribution in [3.8, 4) is 0 Å². The monoisotopic (exact) mass is 325 g/mol. The molecular weight excluding hydrogens is 310 g/mol. The summed E-state index contributed by atoms with van der Waals surface area (Å²) < 4.78 is 0. The smallest absolute Gasteiger partial charge is 0.196 e. The molecule has 1 N–H and O–H groups in total. The molecule has 0 aromatic heterocycles. The minimum absolute atomic E-state index is 0.110.